The van der Waals surface area contributed by atoms with Crippen LogP contribution in [0, 0.1) is 0 Å². The fraction of sp³-hybridized carbons (Fsp3) is 0.524. The normalized spacial score (nSPS) is 20.5. The quantitative estimate of drug-likeness (QED) is 0.830. The molecule has 0 bridgehead atoms. The number of carbonyl (C=O) groups is 1. The first-order chi connectivity index (χ1) is 13.6. The molecule has 150 valence electrons. The maximum atomic E-state index is 12.2. The van der Waals surface area contributed by atoms with Crippen LogP contribution in [0.4, 0.5) is 0 Å². The van der Waals surface area contributed by atoms with Crippen molar-refractivity contribution in [2.45, 2.75) is 37.8 Å². The van der Waals surface area contributed by atoms with Crippen molar-refractivity contribution in [2.75, 3.05) is 26.2 Å². The average molecular weight is 403 g/mol. The van der Waals surface area contributed by atoms with Crippen LogP contribution in [0.2, 0.25) is 5.15 Å². The van der Waals surface area contributed by atoms with E-state index in [1.165, 1.54) is 25.7 Å². The molecular weight excluding hydrogens is 376 g/mol. The van der Waals surface area contributed by atoms with Crippen LogP contribution in [0.5, 0.6) is 0 Å². The van der Waals surface area contributed by atoms with Gasteiger partial charge >= 0.3 is 5.97 Å². The summed E-state index contributed by atoms with van der Waals surface area (Å²) in [6.45, 7) is 3.29. The molecule has 1 aliphatic heterocycles. The fourth-order valence-electron chi connectivity index (χ4n) is 4.70. The molecule has 1 aromatic heterocycles. The topological polar surface area (TPSA) is 61.6 Å². The second kappa shape index (κ2) is 8.23. The first-order valence-corrected chi connectivity index (χ1v) is 10.4. The molecule has 1 aliphatic carbocycles. The monoisotopic (exact) mass is 402 g/mol. The fourth-order valence-corrected chi connectivity index (χ4v) is 5.01. The molecule has 2 fully saturated rings. The zero-order valence-corrected chi connectivity index (χ0v) is 17.0. The van der Waals surface area contributed by atoms with Gasteiger partial charge in [-0.15, -0.1) is 0 Å². The Morgan fingerprint density at radius 3 is 2.39 bits per heavy atom. The second-order valence-electron chi connectivity index (χ2n) is 7.79. The third-order valence-electron chi connectivity index (χ3n) is 6.17. The van der Waals surface area contributed by atoms with Crippen molar-refractivity contribution < 1.29 is 9.90 Å². The van der Waals surface area contributed by atoms with Crippen molar-refractivity contribution in [3.8, 4) is 11.4 Å². The van der Waals surface area contributed by atoms with E-state index in [9.17, 15) is 9.90 Å². The van der Waals surface area contributed by atoms with Crippen LogP contribution < -0.4 is 0 Å². The molecule has 28 heavy (non-hydrogen) atoms. The first kappa shape index (κ1) is 19.4. The number of rotatable bonds is 5. The first-order valence-electron chi connectivity index (χ1n) is 10.0. The highest BCUT2D eigenvalue weighted by Crippen LogP contribution is 2.33. The van der Waals surface area contributed by atoms with Gasteiger partial charge in [-0.2, -0.15) is 0 Å². The predicted octanol–water partition coefficient (Wildman–Crippen LogP) is 3.43. The highest BCUT2D eigenvalue weighted by Gasteiger charge is 2.36. The van der Waals surface area contributed by atoms with Crippen LogP contribution in [0.15, 0.2) is 30.3 Å². The minimum absolute atomic E-state index is 0.270. The molecule has 2 heterocycles. The Labute approximate surface area is 170 Å². The standard InChI is InChI=1S/C21H27ClN4O2/c1-24-17(19(22)23-20(24)15-7-3-2-4-8-15)18(21(27)28)26-13-11-25(12-14-26)16-9-5-6-10-16/h2-4,7-8,16,18H,5-6,9-14H2,1H3,(H,27,28). The number of hydrogen-bond acceptors (Lipinski definition) is 4. The summed E-state index contributed by atoms with van der Waals surface area (Å²) in [5, 5.41) is 10.3. The number of carboxylic acid groups (broad SMARTS) is 1. The van der Waals surface area contributed by atoms with Crippen LogP contribution in [-0.4, -0.2) is 62.6 Å². The Balaban J connectivity index is 1.57. The minimum atomic E-state index is -0.876. The molecular formula is C21H27ClN4O2. The zero-order valence-electron chi connectivity index (χ0n) is 16.2. The zero-order chi connectivity index (χ0) is 19.7. The van der Waals surface area contributed by atoms with Crippen LogP contribution in [0.1, 0.15) is 37.4 Å². The molecule has 0 amide bonds. The van der Waals surface area contributed by atoms with Gasteiger partial charge in [0.25, 0.3) is 0 Å². The molecule has 1 aromatic carbocycles. The van der Waals surface area contributed by atoms with E-state index in [-0.39, 0.29) is 5.15 Å². The van der Waals surface area contributed by atoms with Crippen LogP contribution >= 0.6 is 11.6 Å². The van der Waals surface area contributed by atoms with E-state index < -0.39 is 12.0 Å². The van der Waals surface area contributed by atoms with Crippen molar-refractivity contribution in [3.63, 3.8) is 0 Å². The van der Waals surface area contributed by atoms with Gasteiger partial charge in [-0.05, 0) is 12.8 Å². The highest BCUT2D eigenvalue weighted by molar-refractivity contribution is 6.30. The van der Waals surface area contributed by atoms with E-state index >= 15 is 0 Å². The average Bonchev–Trinajstić information content (AvgIpc) is 3.33. The number of aromatic nitrogens is 2. The lowest BCUT2D eigenvalue weighted by Crippen LogP contribution is -2.52. The SMILES string of the molecule is Cn1c(-c2ccccc2)nc(Cl)c1C(C(=O)O)N1CCN(C2CCCC2)CC1. The smallest absolute Gasteiger partial charge is 0.327 e. The van der Waals surface area contributed by atoms with Crippen LogP contribution in [0.3, 0.4) is 0 Å². The molecule has 1 unspecified atom stereocenters. The van der Waals surface area contributed by atoms with Gasteiger partial charge in [0.05, 0.1) is 5.69 Å². The molecule has 1 saturated carbocycles. The molecule has 2 aromatic rings. The molecule has 2 aliphatic rings. The van der Waals surface area contributed by atoms with E-state index in [4.69, 9.17) is 11.6 Å². The summed E-state index contributed by atoms with van der Waals surface area (Å²) in [7, 11) is 1.85. The molecule has 7 heteroatoms. The summed E-state index contributed by atoms with van der Waals surface area (Å²) in [4.78, 5) is 21.3. The minimum Gasteiger partial charge on any atom is -0.480 e. The lowest BCUT2D eigenvalue weighted by molar-refractivity contribution is -0.144. The molecule has 1 N–H and O–H groups in total. The van der Waals surface area contributed by atoms with Gasteiger partial charge in [0.15, 0.2) is 11.2 Å². The molecule has 4 rings (SSSR count). The van der Waals surface area contributed by atoms with E-state index in [1.54, 1.807) is 0 Å². The van der Waals surface area contributed by atoms with Crippen molar-refractivity contribution in [1.29, 1.82) is 0 Å². The Hall–Kier alpha value is -1.89. The summed E-state index contributed by atoms with van der Waals surface area (Å²) >= 11 is 6.46. The molecule has 1 atom stereocenters. The summed E-state index contributed by atoms with van der Waals surface area (Å²) in [5.41, 5.74) is 1.48. The van der Waals surface area contributed by atoms with E-state index in [0.29, 0.717) is 17.6 Å². The van der Waals surface area contributed by atoms with E-state index in [2.05, 4.69) is 9.88 Å². The summed E-state index contributed by atoms with van der Waals surface area (Å²) < 4.78 is 1.83. The van der Waals surface area contributed by atoms with Crippen molar-refractivity contribution in [2.24, 2.45) is 7.05 Å². The van der Waals surface area contributed by atoms with E-state index in [0.717, 1.165) is 31.7 Å². The van der Waals surface area contributed by atoms with Gasteiger partial charge in [-0.1, -0.05) is 54.8 Å². The number of aliphatic carboxylic acids is 1. The molecule has 6 nitrogen and oxygen atoms in total. The van der Waals surface area contributed by atoms with Gasteiger partial charge in [0.1, 0.15) is 5.82 Å². The second-order valence-corrected chi connectivity index (χ2v) is 8.15. The number of benzene rings is 1. The lowest BCUT2D eigenvalue weighted by Gasteiger charge is -2.40. The van der Waals surface area contributed by atoms with Gasteiger partial charge in [0, 0.05) is 44.8 Å². The third-order valence-corrected chi connectivity index (χ3v) is 6.45. The number of piperazine rings is 1. The van der Waals surface area contributed by atoms with Gasteiger partial charge in [0.2, 0.25) is 0 Å². The summed E-state index contributed by atoms with van der Waals surface area (Å²) in [6.07, 6.45) is 5.18. The van der Waals surface area contributed by atoms with Crippen LogP contribution in [-0.2, 0) is 11.8 Å². The summed E-state index contributed by atoms with van der Waals surface area (Å²) in [5.74, 6) is -0.185. The maximum absolute atomic E-state index is 12.2. The number of halogens is 1. The van der Waals surface area contributed by atoms with Gasteiger partial charge < -0.3 is 9.67 Å². The van der Waals surface area contributed by atoms with Gasteiger partial charge in [-0.25, -0.2) is 4.98 Å². The largest absolute Gasteiger partial charge is 0.480 e. The Bertz CT molecular complexity index is 824. The van der Waals surface area contributed by atoms with Crippen LogP contribution in [0.25, 0.3) is 11.4 Å². The Kier molecular flexibility index (Phi) is 5.71. The van der Waals surface area contributed by atoms with Crippen molar-refractivity contribution >= 4 is 17.6 Å². The maximum Gasteiger partial charge on any atom is 0.327 e. The third kappa shape index (κ3) is 3.69. The predicted molar refractivity (Wildman–Crippen MR) is 109 cm³/mol. The Morgan fingerprint density at radius 2 is 1.79 bits per heavy atom. The number of hydrogen-bond donors (Lipinski definition) is 1. The number of nitrogens with zero attached hydrogens (tertiary/aromatic N) is 4. The summed E-state index contributed by atoms with van der Waals surface area (Å²) in [6, 6.07) is 9.63. The Morgan fingerprint density at radius 1 is 1.14 bits per heavy atom. The highest BCUT2D eigenvalue weighted by atomic mass is 35.5. The number of imidazole rings is 1. The van der Waals surface area contributed by atoms with Crippen molar-refractivity contribution in [3.05, 3.63) is 41.2 Å². The van der Waals surface area contributed by atoms with E-state index in [1.807, 2.05) is 46.8 Å². The van der Waals surface area contributed by atoms with Gasteiger partial charge in [-0.3, -0.25) is 14.6 Å². The molecule has 0 spiro atoms. The molecule has 0 radical (unpaired) electrons. The van der Waals surface area contributed by atoms with Crippen molar-refractivity contribution in [1.82, 2.24) is 19.4 Å². The lowest BCUT2D eigenvalue weighted by atomic mass is 10.1. The molecule has 1 saturated heterocycles. The number of carboxylic acids is 1.